The fraction of sp³-hybridized carbons (Fsp3) is 0.440. The number of aromatic nitrogens is 3. The van der Waals surface area contributed by atoms with Crippen LogP contribution in [0.1, 0.15) is 39.2 Å². The maximum absolute atomic E-state index is 15.9. The van der Waals surface area contributed by atoms with E-state index in [1.807, 2.05) is 30.3 Å². The predicted molar refractivity (Wildman–Crippen MR) is 128 cm³/mol. The van der Waals surface area contributed by atoms with Crippen LogP contribution in [0.3, 0.4) is 0 Å². The van der Waals surface area contributed by atoms with Crippen LogP contribution in [0.25, 0.3) is 10.9 Å². The van der Waals surface area contributed by atoms with E-state index in [9.17, 15) is 10.1 Å². The van der Waals surface area contributed by atoms with E-state index in [0.717, 1.165) is 5.56 Å². The average molecular weight is 481 g/mol. The number of piperidine rings is 1. The summed E-state index contributed by atoms with van der Waals surface area (Å²) in [6.07, 6.45) is -0.595. The van der Waals surface area contributed by atoms with Crippen molar-refractivity contribution >= 4 is 22.8 Å². The van der Waals surface area contributed by atoms with E-state index in [1.165, 1.54) is 9.58 Å². The Balaban J connectivity index is 1.66. The second kappa shape index (κ2) is 9.41. The van der Waals surface area contributed by atoms with Crippen molar-refractivity contribution in [2.24, 2.45) is 0 Å². The number of hydrogen-bond acceptors (Lipinski definition) is 7. The Morgan fingerprint density at radius 1 is 1.31 bits per heavy atom. The number of nitriles is 1. The van der Waals surface area contributed by atoms with Crippen LogP contribution in [0.15, 0.2) is 42.6 Å². The normalized spacial score (nSPS) is 20.4. The molecule has 1 aliphatic heterocycles. The number of carbonyl (C=O) groups excluding carboxylic acids is 1. The van der Waals surface area contributed by atoms with Gasteiger partial charge in [0.25, 0.3) is 0 Å². The number of nitrogen functional groups attached to an aromatic ring is 1. The Bertz CT molecular complexity index is 1250. The average Bonchev–Trinajstić information content (AvgIpc) is 3.16. The minimum Gasteiger partial charge on any atom is -0.472 e. The summed E-state index contributed by atoms with van der Waals surface area (Å²) in [5.74, 6) is 0.416. The first-order valence-electron chi connectivity index (χ1n) is 11.4. The molecular weight excluding hydrogens is 451 g/mol. The largest absolute Gasteiger partial charge is 0.472 e. The first-order valence-corrected chi connectivity index (χ1v) is 11.4. The van der Waals surface area contributed by atoms with Crippen molar-refractivity contribution in [2.75, 3.05) is 18.8 Å². The summed E-state index contributed by atoms with van der Waals surface area (Å²) in [5.41, 5.74) is 5.73. The van der Waals surface area contributed by atoms with Gasteiger partial charge in [-0.15, -0.1) is 0 Å². The molecule has 4 rings (SSSR count). The van der Waals surface area contributed by atoms with Gasteiger partial charge < -0.3 is 20.1 Å². The van der Waals surface area contributed by atoms with Crippen molar-refractivity contribution < 1.29 is 18.7 Å². The summed E-state index contributed by atoms with van der Waals surface area (Å²) in [7, 11) is 0. The molecule has 184 valence electrons. The third-order valence-corrected chi connectivity index (χ3v) is 6.04. The van der Waals surface area contributed by atoms with Gasteiger partial charge in [-0.3, -0.25) is 4.68 Å². The van der Waals surface area contributed by atoms with Gasteiger partial charge in [0.2, 0.25) is 5.88 Å². The molecule has 1 fully saturated rings. The number of carbonyl (C=O) groups is 1. The lowest BCUT2D eigenvalue weighted by atomic mass is 9.83. The van der Waals surface area contributed by atoms with Crippen molar-refractivity contribution in [2.45, 2.75) is 57.5 Å². The van der Waals surface area contributed by atoms with E-state index in [1.54, 1.807) is 33.0 Å². The summed E-state index contributed by atoms with van der Waals surface area (Å²) in [5, 5.41) is 14.5. The lowest BCUT2D eigenvalue weighted by Gasteiger charge is -2.43. The van der Waals surface area contributed by atoms with Gasteiger partial charge in [-0.05, 0) is 38.8 Å². The number of halogens is 1. The van der Waals surface area contributed by atoms with Crippen LogP contribution in [0.2, 0.25) is 0 Å². The number of anilines is 1. The molecule has 9 nitrogen and oxygen atoms in total. The van der Waals surface area contributed by atoms with Crippen LogP contribution < -0.4 is 10.5 Å². The van der Waals surface area contributed by atoms with E-state index in [-0.39, 0.29) is 44.2 Å². The summed E-state index contributed by atoms with van der Waals surface area (Å²) >= 11 is 0. The molecule has 0 bridgehead atoms. The van der Waals surface area contributed by atoms with Crippen molar-refractivity contribution in [3.05, 3.63) is 48.2 Å². The number of amides is 1. The zero-order chi connectivity index (χ0) is 25.2. The Labute approximate surface area is 203 Å². The molecule has 2 unspecified atom stereocenters. The van der Waals surface area contributed by atoms with Crippen molar-refractivity contribution in [3.8, 4) is 11.9 Å². The zero-order valence-corrected chi connectivity index (χ0v) is 20.1. The highest BCUT2D eigenvalue weighted by molar-refractivity contribution is 5.93. The van der Waals surface area contributed by atoms with Crippen LogP contribution >= 0.6 is 0 Å². The number of nitrogens with two attached hydrogens (primary N) is 1. The number of nitrogens with zero attached hydrogens (tertiary/aromatic N) is 5. The summed E-state index contributed by atoms with van der Waals surface area (Å²) in [6.45, 7) is 5.53. The van der Waals surface area contributed by atoms with Gasteiger partial charge in [0.05, 0.1) is 24.6 Å². The second-order valence-corrected chi connectivity index (χ2v) is 9.66. The van der Waals surface area contributed by atoms with Crippen LogP contribution in [0, 0.1) is 11.3 Å². The highest BCUT2D eigenvalue weighted by Crippen LogP contribution is 2.40. The Hall–Kier alpha value is -3.87. The summed E-state index contributed by atoms with van der Waals surface area (Å²) < 4.78 is 28.7. The van der Waals surface area contributed by atoms with E-state index < -0.39 is 23.4 Å². The first-order chi connectivity index (χ1) is 16.6. The Kier molecular flexibility index (Phi) is 6.52. The standard InChI is InChI=1S/C25H29FN6O3/c1-24(2,3)35-23(33)31-14-11-25(10-12-27,19(26)15-31)32-18-9-13-29-22(20(18)21(28)30-32)34-16-17-7-5-4-6-8-17/h4-9,13,19H,10-11,14-16H2,1-3H3,(H2,28,30). The fourth-order valence-corrected chi connectivity index (χ4v) is 4.32. The molecule has 3 heterocycles. The van der Waals surface area contributed by atoms with Gasteiger partial charge in [0.1, 0.15) is 29.3 Å². The minimum atomic E-state index is -1.58. The lowest BCUT2D eigenvalue weighted by molar-refractivity contribution is -0.0166. The minimum absolute atomic E-state index is 0.134. The van der Waals surface area contributed by atoms with Gasteiger partial charge in [0, 0.05) is 12.7 Å². The van der Waals surface area contributed by atoms with E-state index in [2.05, 4.69) is 16.2 Å². The van der Waals surface area contributed by atoms with E-state index >= 15 is 4.39 Å². The molecule has 0 spiro atoms. The fourth-order valence-electron chi connectivity index (χ4n) is 4.32. The zero-order valence-electron chi connectivity index (χ0n) is 20.1. The van der Waals surface area contributed by atoms with Crippen LogP contribution in [-0.4, -0.2) is 50.6 Å². The van der Waals surface area contributed by atoms with Crippen molar-refractivity contribution in [1.29, 1.82) is 5.26 Å². The molecule has 3 aromatic rings. The SMILES string of the molecule is CC(C)(C)OC(=O)N1CCC(CC#N)(n2nc(N)c3c(OCc4ccccc4)nccc32)C(F)C1. The lowest BCUT2D eigenvalue weighted by Crippen LogP contribution is -2.56. The molecule has 10 heteroatoms. The predicted octanol–water partition coefficient (Wildman–Crippen LogP) is 4.18. The molecule has 0 aliphatic carbocycles. The smallest absolute Gasteiger partial charge is 0.410 e. The van der Waals surface area contributed by atoms with E-state index in [0.29, 0.717) is 10.9 Å². The topological polar surface area (TPSA) is 119 Å². The molecule has 2 atom stereocenters. The number of pyridine rings is 1. The molecule has 1 amide bonds. The quantitative estimate of drug-likeness (QED) is 0.582. The molecule has 1 aromatic carbocycles. The third kappa shape index (κ3) is 4.85. The molecule has 2 aromatic heterocycles. The van der Waals surface area contributed by atoms with E-state index in [4.69, 9.17) is 15.2 Å². The van der Waals surface area contributed by atoms with Gasteiger partial charge in [-0.1, -0.05) is 30.3 Å². The van der Waals surface area contributed by atoms with Gasteiger partial charge in [-0.25, -0.2) is 14.2 Å². The first kappa shape index (κ1) is 24.3. The van der Waals surface area contributed by atoms with Crippen LogP contribution in [0.5, 0.6) is 5.88 Å². The Morgan fingerprint density at radius 3 is 2.71 bits per heavy atom. The molecular formula is C25H29FN6O3. The number of ether oxygens (including phenoxy) is 2. The molecule has 0 radical (unpaired) electrons. The second-order valence-electron chi connectivity index (χ2n) is 9.66. The third-order valence-electron chi connectivity index (χ3n) is 6.04. The number of alkyl halides is 1. The molecule has 1 aliphatic rings. The molecule has 1 saturated heterocycles. The van der Waals surface area contributed by atoms with Gasteiger partial charge >= 0.3 is 6.09 Å². The van der Waals surface area contributed by atoms with Crippen molar-refractivity contribution in [1.82, 2.24) is 19.7 Å². The van der Waals surface area contributed by atoms with Crippen LogP contribution in [0.4, 0.5) is 15.0 Å². The molecule has 35 heavy (non-hydrogen) atoms. The number of rotatable bonds is 5. The number of fused-ring (bicyclic) bond motifs is 1. The number of hydrogen-bond donors (Lipinski definition) is 1. The Morgan fingerprint density at radius 2 is 2.06 bits per heavy atom. The number of likely N-dealkylation sites (tertiary alicyclic amines) is 1. The van der Waals surface area contributed by atoms with Gasteiger partial charge in [-0.2, -0.15) is 10.4 Å². The highest BCUT2D eigenvalue weighted by atomic mass is 19.1. The maximum Gasteiger partial charge on any atom is 0.410 e. The van der Waals surface area contributed by atoms with Crippen molar-refractivity contribution in [3.63, 3.8) is 0 Å². The molecule has 2 N–H and O–H groups in total. The molecule has 0 saturated carbocycles. The summed E-state index contributed by atoms with van der Waals surface area (Å²) in [4.78, 5) is 18.2. The summed E-state index contributed by atoms with van der Waals surface area (Å²) in [6, 6.07) is 13.4. The number of benzene rings is 1. The van der Waals surface area contributed by atoms with Crippen LogP contribution in [-0.2, 0) is 16.9 Å². The monoisotopic (exact) mass is 480 g/mol. The van der Waals surface area contributed by atoms with Gasteiger partial charge in [0.15, 0.2) is 5.82 Å². The highest BCUT2D eigenvalue weighted by Gasteiger charge is 2.48. The maximum atomic E-state index is 15.9.